The van der Waals surface area contributed by atoms with E-state index < -0.39 is 0 Å². The summed E-state index contributed by atoms with van der Waals surface area (Å²) in [6, 6.07) is 2.19. The van der Waals surface area contributed by atoms with Crippen LogP contribution in [0.5, 0.6) is 0 Å². The zero-order valence-electron chi connectivity index (χ0n) is 9.39. The van der Waals surface area contributed by atoms with E-state index >= 15 is 0 Å². The largest absolute Gasteiger partial charge is 0.344 e. The molecule has 0 saturated carbocycles. The van der Waals surface area contributed by atoms with Crippen molar-refractivity contribution in [2.45, 2.75) is 13.3 Å². The Morgan fingerprint density at radius 1 is 1.38 bits per heavy atom. The Balaban J connectivity index is 1.91. The minimum atomic E-state index is 0.532. The van der Waals surface area contributed by atoms with Gasteiger partial charge in [0.05, 0.1) is 12.6 Å². The van der Waals surface area contributed by atoms with E-state index in [1.54, 1.807) is 0 Å². The molecular weight excluding hydrogens is 222 g/mol. The van der Waals surface area contributed by atoms with Crippen LogP contribution in [-0.4, -0.2) is 47.0 Å². The maximum absolute atomic E-state index is 8.61. The summed E-state index contributed by atoms with van der Waals surface area (Å²) in [5, 5.41) is 9.63. The highest BCUT2D eigenvalue weighted by molar-refractivity contribution is 7.09. The molecule has 2 heterocycles. The number of rotatable bonds is 3. The van der Waals surface area contributed by atoms with Crippen LogP contribution < -0.4 is 4.90 Å². The molecule has 0 radical (unpaired) electrons. The fraction of sp³-hybridized carbons (Fsp3) is 0.700. The Morgan fingerprint density at radius 3 is 2.69 bits per heavy atom. The van der Waals surface area contributed by atoms with Crippen LogP contribution in [0.25, 0.3) is 0 Å². The van der Waals surface area contributed by atoms with Gasteiger partial charge in [0.25, 0.3) is 0 Å². The van der Waals surface area contributed by atoms with Crippen molar-refractivity contribution >= 4 is 16.7 Å². The van der Waals surface area contributed by atoms with Crippen molar-refractivity contribution in [3.63, 3.8) is 0 Å². The van der Waals surface area contributed by atoms with Gasteiger partial charge in [-0.2, -0.15) is 9.64 Å². The second-order valence-electron chi connectivity index (χ2n) is 3.77. The lowest BCUT2D eigenvalue weighted by atomic mass is 10.3. The summed E-state index contributed by atoms with van der Waals surface area (Å²) in [6.45, 7) is 6.37. The molecule has 5 nitrogen and oxygen atoms in total. The molecule has 16 heavy (non-hydrogen) atoms. The van der Waals surface area contributed by atoms with Crippen LogP contribution in [0.1, 0.15) is 12.7 Å². The number of piperazine rings is 1. The number of hydrogen-bond acceptors (Lipinski definition) is 6. The van der Waals surface area contributed by atoms with E-state index in [4.69, 9.17) is 5.26 Å². The smallest absolute Gasteiger partial charge is 0.205 e. The molecule has 0 spiro atoms. The second-order valence-corrected chi connectivity index (χ2v) is 4.50. The maximum Gasteiger partial charge on any atom is 0.205 e. The first-order chi connectivity index (χ1) is 7.83. The molecule has 0 bridgehead atoms. The highest BCUT2D eigenvalue weighted by atomic mass is 32.1. The Hall–Kier alpha value is -1.19. The summed E-state index contributed by atoms with van der Waals surface area (Å²) in [5.74, 6) is 0.930. The number of aryl methyl sites for hydroxylation is 1. The molecule has 2 rings (SSSR count). The summed E-state index contributed by atoms with van der Waals surface area (Å²) < 4.78 is 4.29. The van der Waals surface area contributed by atoms with Crippen LogP contribution in [0.2, 0.25) is 0 Å². The normalized spacial score (nSPS) is 17.4. The summed E-state index contributed by atoms with van der Waals surface area (Å²) in [6.07, 6.45) is 0.894. The summed E-state index contributed by atoms with van der Waals surface area (Å²) in [7, 11) is 0. The Bertz CT molecular complexity index is 375. The van der Waals surface area contributed by atoms with E-state index in [0.29, 0.717) is 6.54 Å². The van der Waals surface area contributed by atoms with Crippen molar-refractivity contribution in [3.05, 3.63) is 5.82 Å². The van der Waals surface area contributed by atoms with Gasteiger partial charge in [0.1, 0.15) is 5.82 Å². The summed E-state index contributed by atoms with van der Waals surface area (Å²) >= 11 is 1.48. The van der Waals surface area contributed by atoms with E-state index in [0.717, 1.165) is 43.6 Å². The van der Waals surface area contributed by atoms with Crippen LogP contribution in [0.15, 0.2) is 0 Å². The van der Waals surface area contributed by atoms with Gasteiger partial charge in [-0.25, -0.2) is 4.98 Å². The molecule has 1 aliphatic heterocycles. The van der Waals surface area contributed by atoms with Crippen LogP contribution >= 0.6 is 11.5 Å². The topological polar surface area (TPSA) is 56.1 Å². The van der Waals surface area contributed by atoms with Gasteiger partial charge in [0.2, 0.25) is 5.13 Å². The van der Waals surface area contributed by atoms with Crippen molar-refractivity contribution in [2.75, 3.05) is 37.6 Å². The number of anilines is 1. The van der Waals surface area contributed by atoms with Crippen LogP contribution in [-0.2, 0) is 6.42 Å². The Kier molecular flexibility index (Phi) is 3.70. The first-order valence-corrected chi connectivity index (χ1v) is 6.27. The first-order valence-electron chi connectivity index (χ1n) is 5.50. The molecule has 0 aliphatic carbocycles. The molecule has 6 heteroatoms. The van der Waals surface area contributed by atoms with E-state index in [-0.39, 0.29) is 0 Å². The third-order valence-corrected chi connectivity index (χ3v) is 3.53. The van der Waals surface area contributed by atoms with Crippen molar-refractivity contribution in [1.82, 2.24) is 14.3 Å². The number of aromatic nitrogens is 2. The molecular formula is C10H15N5S. The van der Waals surface area contributed by atoms with Gasteiger partial charge in [-0.15, -0.1) is 0 Å². The number of nitriles is 1. The zero-order valence-corrected chi connectivity index (χ0v) is 10.2. The average Bonchev–Trinajstić information content (AvgIpc) is 2.79. The SMILES string of the molecule is CCc1nsc(N2CCN(CC#N)CC2)n1. The molecule has 0 unspecified atom stereocenters. The van der Waals surface area contributed by atoms with Crippen molar-refractivity contribution in [3.8, 4) is 6.07 Å². The van der Waals surface area contributed by atoms with E-state index in [1.807, 2.05) is 0 Å². The molecule has 0 aromatic carbocycles. The molecule has 0 N–H and O–H groups in total. The van der Waals surface area contributed by atoms with Gasteiger partial charge in [-0.05, 0) is 0 Å². The molecule has 1 fully saturated rings. The standard InChI is InChI=1S/C10H15N5S/c1-2-9-12-10(16-13-9)15-7-5-14(4-3-11)6-8-15/h2,4-8H2,1H3. The molecule has 1 aromatic rings. The zero-order chi connectivity index (χ0) is 11.4. The maximum atomic E-state index is 8.61. The average molecular weight is 237 g/mol. The van der Waals surface area contributed by atoms with Gasteiger partial charge in [-0.1, -0.05) is 6.92 Å². The lowest BCUT2D eigenvalue weighted by Crippen LogP contribution is -2.46. The first kappa shape index (κ1) is 11.3. The van der Waals surface area contributed by atoms with E-state index in [9.17, 15) is 0 Å². The van der Waals surface area contributed by atoms with Gasteiger partial charge < -0.3 is 4.90 Å². The fourth-order valence-corrected chi connectivity index (χ4v) is 2.52. The molecule has 0 atom stereocenters. The van der Waals surface area contributed by atoms with Gasteiger partial charge in [0, 0.05) is 44.1 Å². The van der Waals surface area contributed by atoms with Gasteiger partial charge >= 0.3 is 0 Å². The second kappa shape index (κ2) is 5.23. The predicted molar refractivity (Wildman–Crippen MR) is 63.6 cm³/mol. The molecule has 0 amide bonds. The highest BCUT2D eigenvalue weighted by Crippen LogP contribution is 2.18. The third kappa shape index (κ3) is 2.49. The van der Waals surface area contributed by atoms with Gasteiger partial charge in [0.15, 0.2) is 0 Å². The molecule has 1 aliphatic rings. The van der Waals surface area contributed by atoms with Crippen molar-refractivity contribution < 1.29 is 0 Å². The summed E-state index contributed by atoms with van der Waals surface area (Å²) in [4.78, 5) is 8.89. The van der Waals surface area contributed by atoms with Crippen LogP contribution in [0.3, 0.4) is 0 Å². The number of nitrogens with zero attached hydrogens (tertiary/aromatic N) is 5. The minimum Gasteiger partial charge on any atom is -0.344 e. The Labute approximate surface area is 99.5 Å². The van der Waals surface area contributed by atoms with Crippen LogP contribution in [0, 0.1) is 11.3 Å². The fourth-order valence-electron chi connectivity index (χ4n) is 1.71. The van der Waals surface area contributed by atoms with E-state index in [2.05, 4.69) is 32.2 Å². The molecule has 1 saturated heterocycles. The minimum absolute atomic E-state index is 0.532. The summed E-state index contributed by atoms with van der Waals surface area (Å²) in [5.41, 5.74) is 0. The van der Waals surface area contributed by atoms with E-state index in [1.165, 1.54) is 11.5 Å². The monoisotopic (exact) mass is 237 g/mol. The van der Waals surface area contributed by atoms with Crippen molar-refractivity contribution in [2.24, 2.45) is 0 Å². The Morgan fingerprint density at radius 2 is 2.12 bits per heavy atom. The molecule has 86 valence electrons. The third-order valence-electron chi connectivity index (χ3n) is 2.71. The van der Waals surface area contributed by atoms with Crippen molar-refractivity contribution in [1.29, 1.82) is 5.26 Å². The van der Waals surface area contributed by atoms with Crippen LogP contribution in [0.4, 0.5) is 5.13 Å². The predicted octanol–water partition coefficient (Wildman–Crippen LogP) is 0.746. The molecule has 1 aromatic heterocycles. The quantitative estimate of drug-likeness (QED) is 0.726. The number of hydrogen-bond donors (Lipinski definition) is 0. The lowest BCUT2D eigenvalue weighted by Gasteiger charge is -2.32. The highest BCUT2D eigenvalue weighted by Gasteiger charge is 2.19. The van der Waals surface area contributed by atoms with Gasteiger partial charge in [-0.3, -0.25) is 4.90 Å². The lowest BCUT2D eigenvalue weighted by molar-refractivity contribution is 0.287.